The molecule has 5 heteroatoms. The second-order valence-corrected chi connectivity index (χ2v) is 4.33. The van der Waals surface area contributed by atoms with Crippen molar-refractivity contribution in [2.24, 2.45) is 0 Å². The first-order valence-electron chi connectivity index (χ1n) is 4.86. The molecule has 0 bridgehead atoms. The van der Waals surface area contributed by atoms with Gasteiger partial charge in [0.2, 0.25) is 0 Å². The van der Waals surface area contributed by atoms with E-state index < -0.39 is 0 Å². The van der Waals surface area contributed by atoms with E-state index in [4.69, 9.17) is 9.47 Å². The van der Waals surface area contributed by atoms with Gasteiger partial charge in [-0.25, -0.2) is 0 Å². The van der Waals surface area contributed by atoms with Gasteiger partial charge in [0, 0.05) is 6.07 Å². The number of phenolic OH excluding ortho intramolecular Hbond substituents is 2. The van der Waals surface area contributed by atoms with Gasteiger partial charge in [-0.3, -0.25) is 0 Å². The molecule has 17 heavy (non-hydrogen) atoms. The van der Waals surface area contributed by atoms with Crippen molar-refractivity contribution < 1.29 is 19.7 Å². The molecule has 86 valence electrons. The summed E-state index contributed by atoms with van der Waals surface area (Å²) in [7, 11) is 0. The van der Waals surface area contributed by atoms with Crippen LogP contribution >= 0.6 is 15.9 Å². The molecular formula is C12H7BrO4. The molecule has 0 fully saturated rings. The van der Waals surface area contributed by atoms with Crippen LogP contribution in [0.2, 0.25) is 0 Å². The zero-order valence-corrected chi connectivity index (χ0v) is 10.1. The highest BCUT2D eigenvalue weighted by molar-refractivity contribution is 9.10. The molecule has 0 saturated heterocycles. The van der Waals surface area contributed by atoms with E-state index in [0.717, 1.165) is 0 Å². The Morgan fingerprint density at radius 1 is 0.941 bits per heavy atom. The van der Waals surface area contributed by atoms with Crippen molar-refractivity contribution in [3.05, 3.63) is 34.8 Å². The Balaban J connectivity index is 2.18. The van der Waals surface area contributed by atoms with Crippen LogP contribution in [-0.4, -0.2) is 10.2 Å². The maximum Gasteiger partial charge on any atom is 0.188 e. The molecule has 0 unspecified atom stereocenters. The fraction of sp³-hybridized carbons (Fsp3) is 0. The van der Waals surface area contributed by atoms with E-state index in [2.05, 4.69) is 15.9 Å². The summed E-state index contributed by atoms with van der Waals surface area (Å²) < 4.78 is 11.4. The smallest absolute Gasteiger partial charge is 0.188 e. The molecule has 1 heterocycles. The van der Waals surface area contributed by atoms with Gasteiger partial charge in [-0.05, 0) is 28.1 Å². The van der Waals surface area contributed by atoms with Gasteiger partial charge in [-0.1, -0.05) is 12.1 Å². The maximum atomic E-state index is 9.58. The summed E-state index contributed by atoms with van der Waals surface area (Å²) >= 11 is 3.15. The summed E-state index contributed by atoms with van der Waals surface area (Å²) in [4.78, 5) is 0. The quantitative estimate of drug-likeness (QED) is 0.620. The number of hydrogen-bond donors (Lipinski definition) is 2. The van der Waals surface area contributed by atoms with Crippen LogP contribution in [-0.2, 0) is 0 Å². The predicted molar refractivity (Wildman–Crippen MR) is 64.1 cm³/mol. The molecule has 0 atom stereocenters. The van der Waals surface area contributed by atoms with Crippen LogP contribution in [0.15, 0.2) is 34.8 Å². The number of aromatic hydroxyl groups is 2. The molecule has 3 rings (SSSR count). The number of rotatable bonds is 0. The molecule has 2 aromatic rings. The van der Waals surface area contributed by atoms with E-state index in [0.29, 0.717) is 23.0 Å². The second kappa shape index (κ2) is 3.56. The standard InChI is InChI=1S/C12H7BrO4/c13-10-11(15)6(14)5-9-12(10)17-8-4-2-1-3-7(8)16-9/h1-5,14-15H. The zero-order chi connectivity index (χ0) is 12.0. The lowest BCUT2D eigenvalue weighted by Gasteiger charge is -2.21. The van der Waals surface area contributed by atoms with Crippen molar-refractivity contribution in [2.75, 3.05) is 0 Å². The van der Waals surface area contributed by atoms with Gasteiger partial charge in [0.15, 0.2) is 34.5 Å². The molecule has 0 saturated carbocycles. The van der Waals surface area contributed by atoms with Gasteiger partial charge in [-0.15, -0.1) is 0 Å². The molecule has 2 N–H and O–H groups in total. The van der Waals surface area contributed by atoms with Gasteiger partial charge in [-0.2, -0.15) is 0 Å². The van der Waals surface area contributed by atoms with Crippen LogP contribution in [0.3, 0.4) is 0 Å². The lowest BCUT2D eigenvalue weighted by Crippen LogP contribution is -1.99. The second-order valence-electron chi connectivity index (χ2n) is 3.54. The molecule has 0 amide bonds. The van der Waals surface area contributed by atoms with Crippen LogP contribution < -0.4 is 9.47 Å². The first-order valence-corrected chi connectivity index (χ1v) is 5.65. The minimum atomic E-state index is -0.272. The number of ether oxygens (including phenoxy) is 2. The predicted octanol–water partition coefficient (Wildman–Crippen LogP) is 3.76. The van der Waals surface area contributed by atoms with Crippen molar-refractivity contribution in [1.29, 1.82) is 0 Å². The van der Waals surface area contributed by atoms with Crippen molar-refractivity contribution in [2.45, 2.75) is 0 Å². The molecule has 2 aromatic carbocycles. The summed E-state index contributed by atoms with van der Waals surface area (Å²) in [6.45, 7) is 0. The van der Waals surface area contributed by atoms with Crippen LogP contribution in [0.1, 0.15) is 0 Å². The monoisotopic (exact) mass is 294 g/mol. The molecule has 0 aromatic heterocycles. The minimum absolute atomic E-state index is 0.265. The molecular weight excluding hydrogens is 288 g/mol. The normalized spacial score (nSPS) is 12.1. The Morgan fingerprint density at radius 3 is 2.29 bits per heavy atom. The summed E-state index contributed by atoms with van der Waals surface area (Å²) in [5.74, 6) is 1.29. The Morgan fingerprint density at radius 2 is 1.59 bits per heavy atom. The van der Waals surface area contributed by atoms with Crippen LogP contribution in [0.5, 0.6) is 34.5 Å². The summed E-state index contributed by atoms with van der Waals surface area (Å²) in [5, 5.41) is 19.1. The minimum Gasteiger partial charge on any atom is -0.504 e. The number of benzene rings is 2. The highest BCUT2D eigenvalue weighted by Crippen LogP contribution is 2.53. The lowest BCUT2D eigenvalue weighted by molar-refractivity contribution is 0.343. The highest BCUT2D eigenvalue weighted by Gasteiger charge is 2.24. The Labute approximate surface area is 105 Å². The van der Waals surface area contributed by atoms with Gasteiger partial charge < -0.3 is 19.7 Å². The average molecular weight is 295 g/mol. The van der Waals surface area contributed by atoms with E-state index in [9.17, 15) is 10.2 Å². The van der Waals surface area contributed by atoms with E-state index in [1.807, 2.05) is 12.1 Å². The highest BCUT2D eigenvalue weighted by atomic mass is 79.9. The van der Waals surface area contributed by atoms with Gasteiger partial charge in [0.05, 0.1) is 0 Å². The van der Waals surface area contributed by atoms with E-state index in [1.54, 1.807) is 12.1 Å². The number of hydrogen-bond acceptors (Lipinski definition) is 4. The third kappa shape index (κ3) is 1.51. The van der Waals surface area contributed by atoms with E-state index in [-0.39, 0.29) is 16.0 Å². The van der Waals surface area contributed by atoms with Crippen molar-refractivity contribution in [3.8, 4) is 34.5 Å². The van der Waals surface area contributed by atoms with Gasteiger partial charge >= 0.3 is 0 Å². The third-order valence-electron chi connectivity index (χ3n) is 2.42. The van der Waals surface area contributed by atoms with Gasteiger partial charge in [0.1, 0.15) is 4.47 Å². The van der Waals surface area contributed by atoms with Crippen molar-refractivity contribution in [3.63, 3.8) is 0 Å². The number of fused-ring (bicyclic) bond motifs is 2. The average Bonchev–Trinajstić information content (AvgIpc) is 2.34. The zero-order valence-electron chi connectivity index (χ0n) is 8.48. The maximum absolute atomic E-state index is 9.58. The van der Waals surface area contributed by atoms with Crippen molar-refractivity contribution >= 4 is 15.9 Å². The molecule has 0 aliphatic carbocycles. The fourth-order valence-electron chi connectivity index (χ4n) is 1.60. The number of para-hydroxylation sites is 2. The number of halogens is 1. The molecule has 0 radical (unpaired) electrons. The van der Waals surface area contributed by atoms with Gasteiger partial charge in [0.25, 0.3) is 0 Å². The SMILES string of the molecule is Oc1cc2c(c(Br)c1O)Oc1ccccc1O2. The lowest BCUT2D eigenvalue weighted by atomic mass is 10.2. The largest absolute Gasteiger partial charge is 0.504 e. The fourth-order valence-corrected chi connectivity index (χ4v) is 2.08. The van der Waals surface area contributed by atoms with Crippen molar-refractivity contribution in [1.82, 2.24) is 0 Å². The summed E-state index contributed by atoms with van der Waals surface area (Å²) in [6, 6.07) is 8.47. The molecule has 0 spiro atoms. The summed E-state index contributed by atoms with van der Waals surface area (Å²) in [6.07, 6.45) is 0. The van der Waals surface area contributed by atoms with E-state index in [1.165, 1.54) is 6.07 Å². The Hall–Kier alpha value is -1.88. The molecule has 1 aliphatic heterocycles. The molecule has 4 nitrogen and oxygen atoms in total. The third-order valence-corrected chi connectivity index (χ3v) is 3.16. The molecule has 1 aliphatic rings. The first-order chi connectivity index (χ1) is 8.16. The topological polar surface area (TPSA) is 58.9 Å². The van der Waals surface area contributed by atoms with Crippen LogP contribution in [0, 0.1) is 0 Å². The van der Waals surface area contributed by atoms with Crippen LogP contribution in [0.4, 0.5) is 0 Å². The van der Waals surface area contributed by atoms with Crippen LogP contribution in [0.25, 0.3) is 0 Å². The first kappa shape index (κ1) is 10.3. The number of phenols is 2. The summed E-state index contributed by atoms with van der Waals surface area (Å²) in [5.41, 5.74) is 0. The Kier molecular flexibility index (Phi) is 2.16. The van der Waals surface area contributed by atoms with E-state index >= 15 is 0 Å². The Bertz CT molecular complexity index is 610.